The molecular weight excluding hydrogens is 252 g/mol. The van der Waals surface area contributed by atoms with Crippen molar-refractivity contribution < 1.29 is 4.79 Å². The topological polar surface area (TPSA) is 59.3 Å². The summed E-state index contributed by atoms with van der Waals surface area (Å²) in [6.07, 6.45) is 3.04. The lowest BCUT2D eigenvalue weighted by Crippen LogP contribution is -2.20. The normalized spacial score (nSPS) is 10.8. The van der Waals surface area contributed by atoms with Crippen LogP contribution in [0.25, 0.3) is 0 Å². The molecule has 18 heavy (non-hydrogen) atoms. The first-order valence-electron chi connectivity index (χ1n) is 5.24. The number of nitrogens with zero attached hydrogens (tertiary/aromatic N) is 3. The van der Waals surface area contributed by atoms with Crippen LogP contribution in [0.15, 0.2) is 41.6 Å². The Labute approximate surface area is 109 Å². The predicted octanol–water partition coefficient (Wildman–Crippen LogP) is 1.84. The highest BCUT2D eigenvalue weighted by Gasteiger charge is 2.07. The number of hydrazone groups is 1. The molecule has 1 amide bonds. The second kappa shape index (κ2) is 5.46. The number of carbonyl (C=O) groups is 1. The molecule has 0 atom stereocenters. The first-order chi connectivity index (χ1) is 8.68. The lowest BCUT2D eigenvalue weighted by molar-refractivity contribution is 0.0946. The molecular formula is C12H11ClN4O. The van der Waals surface area contributed by atoms with Gasteiger partial charge in [-0.05, 0) is 12.1 Å². The number of aryl methyl sites for hydroxylation is 1. The third kappa shape index (κ3) is 2.75. The van der Waals surface area contributed by atoms with E-state index in [2.05, 4.69) is 15.6 Å². The molecule has 1 aromatic heterocycles. The second-order valence-electron chi connectivity index (χ2n) is 3.56. The molecule has 0 aliphatic rings. The van der Waals surface area contributed by atoms with Crippen molar-refractivity contribution in [3.8, 4) is 0 Å². The van der Waals surface area contributed by atoms with E-state index in [0.717, 1.165) is 5.56 Å². The van der Waals surface area contributed by atoms with Gasteiger partial charge in [0.25, 0.3) is 5.91 Å². The number of aromatic nitrogens is 2. The molecule has 0 radical (unpaired) electrons. The van der Waals surface area contributed by atoms with Gasteiger partial charge in [0.05, 0.1) is 6.21 Å². The van der Waals surface area contributed by atoms with Gasteiger partial charge in [-0.25, -0.2) is 5.43 Å². The number of benzene rings is 1. The van der Waals surface area contributed by atoms with Crippen LogP contribution in [0.3, 0.4) is 0 Å². The zero-order chi connectivity index (χ0) is 13.0. The van der Waals surface area contributed by atoms with Crippen molar-refractivity contribution in [3.05, 3.63) is 52.8 Å². The third-order valence-corrected chi connectivity index (χ3v) is 2.67. The van der Waals surface area contributed by atoms with Crippen LogP contribution in [-0.2, 0) is 7.05 Å². The molecule has 92 valence electrons. The highest BCUT2D eigenvalue weighted by molar-refractivity contribution is 6.33. The summed E-state index contributed by atoms with van der Waals surface area (Å²) >= 11 is 5.95. The average Bonchev–Trinajstić information content (AvgIpc) is 2.78. The van der Waals surface area contributed by atoms with Crippen LogP contribution in [-0.4, -0.2) is 21.9 Å². The number of halogens is 1. The molecule has 6 heteroatoms. The van der Waals surface area contributed by atoms with Crippen molar-refractivity contribution >= 4 is 23.7 Å². The average molecular weight is 263 g/mol. The van der Waals surface area contributed by atoms with Gasteiger partial charge in [-0.3, -0.25) is 9.48 Å². The Balaban J connectivity index is 2.03. The summed E-state index contributed by atoms with van der Waals surface area (Å²) in [5, 5.41) is 8.33. The summed E-state index contributed by atoms with van der Waals surface area (Å²) in [5.41, 5.74) is 3.59. The second-order valence-corrected chi connectivity index (χ2v) is 3.97. The van der Waals surface area contributed by atoms with E-state index in [1.165, 1.54) is 10.9 Å². The van der Waals surface area contributed by atoms with E-state index in [4.69, 9.17) is 11.6 Å². The first kappa shape index (κ1) is 12.3. The van der Waals surface area contributed by atoms with Gasteiger partial charge in [0.2, 0.25) is 0 Å². The summed E-state index contributed by atoms with van der Waals surface area (Å²) in [6.45, 7) is 0. The Morgan fingerprint density at radius 2 is 2.22 bits per heavy atom. The molecule has 2 rings (SSSR count). The fraction of sp³-hybridized carbons (Fsp3) is 0.0833. The molecule has 0 aliphatic carbocycles. The highest BCUT2D eigenvalue weighted by Crippen LogP contribution is 2.12. The molecule has 2 aromatic rings. The van der Waals surface area contributed by atoms with Gasteiger partial charge in [-0.2, -0.15) is 10.2 Å². The molecule has 1 heterocycles. The maximum absolute atomic E-state index is 11.7. The van der Waals surface area contributed by atoms with Crippen molar-refractivity contribution in [2.45, 2.75) is 0 Å². The minimum atomic E-state index is -0.321. The lowest BCUT2D eigenvalue weighted by Gasteiger charge is -2.00. The van der Waals surface area contributed by atoms with E-state index in [0.29, 0.717) is 10.7 Å². The Morgan fingerprint density at radius 3 is 2.89 bits per heavy atom. The maximum Gasteiger partial charge on any atom is 0.289 e. The smallest absolute Gasteiger partial charge is 0.266 e. The highest BCUT2D eigenvalue weighted by atomic mass is 35.5. The number of hydrogen-bond acceptors (Lipinski definition) is 3. The van der Waals surface area contributed by atoms with Crippen LogP contribution in [0.4, 0.5) is 0 Å². The van der Waals surface area contributed by atoms with Crippen LogP contribution >= 0.6 is 11.6 Å². The molecule has 1 aromatic carbocycles. The van der Waals surface area contributed by atoms with Gasteiger partial charge in [0, 0.05) is 23.8 Å². The van der Waals surface area contributed by atoms with Crippen LogP contribution < -0.4 is 5.43 Å². The van der Waals surface area contributed by atoms with Crippen molar-refractivity contribution in [1.82, 2.24) is 15.2 Å². The molecule has 0 spiro atoms. The van der Waals surface area contributed by atoms with Gasteiger partial charge < -0.3 is 0 Å². The summed E-state index contributed by atoms with van der Waals surface area (Å²) < 4.78 is 1.47. The Kier molecular flexibility index (Phi) is 3.74. The summed E-state index contributed by atoms with van der Waals surface area (Å²) in [7, 11) is 1.69. The largest absolute Gasteiger partial charge is 0.289 e. The number of hydrogen-bond donors (Lipinski definition) is 1. The minimum absolute atomic E-state index is 0.321. The maximum atomic E-state index is 11.7. The van der Waals surface area contributed by atoms with Crippen LogP contribution in [0.1, 0.15) is 16.1 Å². The van der Waals surface area contributed by atoms with Gasteiger partial charge in [-0.15, -0.1) is 0 Å². The lowest BCUT2D eigenvalue weighted by atomic mass is 10.2. The van der Waals surface area contributed by atoms with Crippen molar-refractivity contribution in [2.24, 2.45) is 12.1 Å². The Bertz CT molecular complexity index is 591. The first-order valence-corrected chi connectivity index (χ1v) is 5.62. The molecule has 5 nitrogen and oxygen atoms in total. The van der Waals surface area contributed by atoms with E-state index in [-0.39, 0.29) is 5.91 Å². The zero-order valence-electron chi connectivity index (χ0n) is 9.67. The van der Waals surface area contributed by atoms with E-state index < -0.39 is 0 Å². The van der Waals surface area contributed by atoms with Gasteiger partial charge >= 0.3 is 0 Å². The number of nitrogens with one attached hydrogen (secondary N) is 1. The number of rotatable bonds is 3. The molecule has 0 bridgehead atoms. The van der Waals surface area contributed by atoms with Crippen molar-refractivity contribution in [3.63, 3.8) is 0 Å². The van der Waals surface area contributed by atoms with Gasteiger partial charge in [-0.1, -0.05) is 29.8 Å². The Morgan fingerprint density at radius 1 is 1.44 bits per heavy atom. The fourth-order valence-electron chi connectivity index (χ4n) is 1.39. The van der Waals surface area contributed by atoms with Gasteiger partial charge in [0.15, 0.2) is 0 Å². The van der Waals surface area contributed by atoms with Crippen LogP contribution in [0.5, 0.6) is 0 Å². The van der Waals surface area contributed by atoms with Gasteiger partial charge in [0.1, 0.15) is 5.69 Å². The molecule has 0 fully saturated rings. The van der Waals surface area contributed by atoms with Crippen molar-refractivity contribution in [2.75, 3.05) is 0 Å². The fourth-order valence-corrected chi connectivity index (χ4v) is 1.58. The Hall–Kier alpha value is -2.14. The minimum Gasteiger partial charge on any atom is -0.266 e. The van der Waals surface area contributed by atoms with Crippen LogP contribution in [0, 0.1) is 0 Å². The monoisotopic (exact) mass is 262 g/mol. The predicted molar refractivity (Wildman–Crippen MR) is 69.7 cm³/mol. The van der Waals surface area contributed by atoms with E-state index in [1.807, 2.05) is 18.2 Å². The standard InChI is InChI=1S/C12H11ClN4O/c1-17-11(6-7-15-17)12(18)16-14-8-9-4-2-3-5-10(9)13/h2-8H,1H3,(H,16,18)/b14-8+. The number of carbonyl (C=O) groups excluding carboxylic acids is 1. The van der Waals surface area contributed by atoms with Crippen molar-refractivity contribution in [1.29, 1.82) is 0 Å². The van der Waals surface area contributed by atoms with E-state index in [1.54, 1.807) is 25.4 Å². The summed E-state index contributed by atoms with van der Waals surface area (Å²) in [6, 6.07) is 8.85. The molecule has 0 saturated heterocycles. The van der Waals surface area contributed by atoms with E-state index in [9.17, 15) is 4.79 Å². The molecule has 1 N–H and O–H groups in total. The number of amides is 1. The zero-order valence-corrected chi connectivity index (χ0v) is 10.4. The third-order valence-electron chi connectivity index (χ3n) is 2.33. The SMILES string of the molecule is Cn1nccc1C(=O)N/N=C/c1ccccc1Cl. The molecule has 0 unspecified atom stereocenters. The quantitative estimate of drug-likeness (QED) is 0.678. The molecule has 0 aliphatic heterocycles. The summed E-state index contributed by atoms with van der Waals surface area (Å²) in [4.78, 5) is 11.7. The van der Waals surface area contributed by atoms with Crippen LogP contribution in [0.2, 0.25) is 5.02 Å². The van der Waals surface area contributed by atoms with E-state index >= 15 is 0 Å². The summed E-state index contributed by atoms with van der Waals surface area (Å²) in [5.74, 6) is -0.321. The molecule has 0 saturated carbocycles.